The Bertz CT molecular complexity index is 308. The van der Waals surface area contributed by atoms with Crippen LogP contribution in [0.5, 0.6) is 0 Å². The Kier molecular flexibility index (Phi) is 3.08. The number of hydrogen-bond acceptors (Lipinski definition) is 5. The largest absolute Gasteiger partial charge is 0.462 e. The van der Waals surface area contributed by atoms with Crippen LogP contribution in [0, 0.1) is 4.91 Å². The maximum absolute atomic E-state index is 11.1. The standard InChI is InChI=1S/C8H8N2O3/c1-2-13-8(11)6-3-4-7(10-12)9-5-6/h3-5H,2H2,1H3. The van der Waals surface area contributed by atoms with Gasteiger partial charge in [-0.15, -0.1) is 4.91 Å². The van der Waals surface area contributed by atoms with E-state index in [0.717, 1.165) is 0 Å². The minimum atomic E-state index is -0.451. The highest BCUT2D eigenvalue weighted by molar-refractivity contribution is 5.89. The number of carbonyl (C=O) groups is 1. The van der Waals surface area contributed by atoms with Crippen LogP contribution >= 0.6 is 0 Å². The summed E-state index contributed by atoms with van der Waals surface area (Å²) in [5, 5.41) is 2.60. The molecule has 0 unspecified atom stereocenters. The van der Waals surface area contributed by atoms with Gasteiger partial charge >= 0.3 is 5.97 Å². The van der Waals surface area contributed by atoms with E-state index in [-0.39, 0.29) is 5.82 Å². The van der Waals surface area contributed by atoms with Crippen molar-refractivity contribution < 1.29 is 9.53 Å². The molecule has 1 aromatic rings. The lowest BCUT2D eigenvalue weighted by atomic mass is 10.3. The van der Waals surface area contributed by atoms with Gasteiger partial charge in [0.1, 0.15) is 0 Å². The summed E-state index contributed by atoms with van der Waals surface area (Å²) in [6.45, 7) is 2.03. The molecule has 0 aromatic carbocycles. The van der Waals surface area contributed by atoms with Gasteiger partial charge < -0.3 is 4.74 Å². The summed E-state index contributed by atoms with van der Waals surface area (Å²) in [4.78, 5) is 24.7. The molecule has 0 aliphatic rings. The van der Waals surface area contributed by atoms with E-state index in [4.69, 9.17) is 4.74 Å². The van der Waals surface area contributed by atoms with Gasteiger partial charge in [0.25, 0.3) is 0 Å². The molecule has 0 aliphatic carbocycles. The van der Waals surface area contributed by atoms with Gasteiger partial charge in [-0.25, -0.2) is 9.78 Å². The van der Waals surface area contributed by atoms with E-state index >= 15 is 0 Å². The molecule has 0 atom stereocenters. The van der Waals surface area contributed by atoms with Gasteiger partial charge in [-0.05, 0) is 24.2 Å². The molecule has 68 valence electrons. The van der Waals surface area contributed by atoms with Crippen molar-refractivity contribution in [1.82, 2.24) is 4.98 Å². The summed E-state index contributed by atoms with van der Waals surface area (Å²) in [6.07, 6.45) is 1.26. The third kappa shape index (κ3) is 2.33. The van der Waals surface area contributed by atoms with Crippen molar-refractivity contribution in [3.63, 3.8) is 0 Å². The molecule has 1 rings (SSSR count). The van der Waals surface area contributed by atoms with Crippen LogP contribution in [0.1, 0.15) is 17.3 Å². The topological polar surface area (TPSA) is 68.6 Å². The second kappa shape index (κ2) is 4.30. The molecule has 1 heterocycles. The van der Waals surface area contributed by atoms with E-state index < -0.39 is 5.97 Å². The monoisotopic (exact) mass is 180 g/mol. The van der Waals surface area contributed by atoms with Crippen molar-refractivity contribution in [1.29, 1.82) is 0 Å². The normalized spacial score (nSPS) is 9.31. The molecule has 0 amide bonds. The number of nitroso groups, excluding NO2 is 1. The summed E-state index contributed by atoms with van der Waals surface area (Å²) in [7, 11) is 0. The first-order chi connectivity index (χ1) is 6.27. The van der Waals surface area contributed by atoms with E-state index in [2.05, 4.69) is 10.2 Å². The van der Waals surface area contributed by atoms with E-state index in [1.54, 1.807) is 6.92 Å². The van der Waals surface area contributed by atoms with E-state index in [1.807, 2.05) is 0 Å². The van der Waals surface area contributed by atoms with Crippen LogP contribution in [0.3, 0.4) is 0 Å². The van der Waals surface area contributed by atoms with Crippen molar-refractivity contribution in [3.05, 3.63) is 28.8 Å². The summed E-state index contributed by atoms with van der Waals surface area (Å²) in [6, 6.07) is 2.81. The van der Waals surface area contributed by atoms with Crippen LogP contribution in [0.15, 0.2) is 23.5 Å². The number of carbonyl (C=O) groups excluding carboxylic acids is 1. The predicted octanol–water partition coefficient (Wildman–Crippen LogP) is 1.66. The highest BCUT2D eigenvalue weighted by atomic mass is 16.5. The van der Waals surface area contributed by atoms with Gasteiger partial charge in [0.05, 0.1) is 12.2 Å². The fourth-order valence-corrected chi connectivity index (χ4v) is 0.775. The average Bonchev–Trinajstić information content (AvgIpc) is 2.18. The molecule has 0 spiro atoms. The lowest BCUT2D eigenvalue weighted by Gasteiger charge is -1.99. The smallest absolute Gasteiger partial charge is 0.339 e. The molecular weight excluding hydrogens is 172 g/mol. The fraction of sp³-hybridized carbons (Fsp3) is 0.250. The Labute approximate surface area is 74.7 Å². The fourth-order valence-electron chi connectivity index (χ4n) is 0.775. The van der Waals surface area contributed by atoms with Gasteiger partial charge in [-0.2, -0.15) is 0 Å². The summed E-state index contributed by atoms with van der Waals surface area (Å²) in [5.74, 6) is -0.402. The lowest BCUT2D eigenvalue weighted by molar-refractivity contribution is 0.0526. The number of esters is 1. The van der Waals surface area contributed by atoms with Crippen molar-refractivity contribution in [2.75, 3.05) is 6.61 Å². The number of ether oxygens (including phenoxy) is 1. The molecule has 5 nitrogen and oxygen atoms in total. The first-order valence-electron chi connectivity index (χ1n) is 3.74. The quantitative estimate of drug-likeness (QED) is 0.524. The molecule has 0 aliphatic heterocycles. The molecule has 0 radical (unpaired) electrons. The molecule has 0 saturated heterocycles. The maximum atomic E-state index is 11.1. The second-order valence-corrected chi connectivity index (χ2v) is 2.22. The van der Waals surface area contributed by atoms with Gasteiger partial charge in [0.15, 0.2) is 5.82 Å². The van der Waals surface area contributed by atoms with Gasteiger partial charge in [0.2, 0.25) is 0 Å². The Hall–Kier alpha value is -1.78. The van der Waals surface area contributed by atoms with Gasteiger partial charge in [-0.3, -0.25) is 0 Å². The van der Waals surface area contributed by atoms with E-state index in [9.17, 15) is 9.70 Å². The minimum absolute atomic E-state index is 0.0491. The number of hydrogen-bond donors (Lipinski definition) is 0. The van der Waals surface area contributed by atoms with E-state index in [1.165, 1.54) is 18.3 Å². The first-order valence-corrected chi connectivity index (χ1v) is 3.74. The first kappa shape index (κ1) is 9.31. The average molecular weight is 180 g/mol. The molecule has 0 bridgehead atoms. The van der Waals surface area contributed by atoms with E-state index in [0.29, 0.717) is 12.2 Å². The minimum Gasteiger partial charge on any atom is -0.462 e. The van der Waals surface area contributed by atoms with Crippen LogP contribution in [-0.2, 0) is 4.74 Å². The SMILES string of the molecule is CCOC(=O)c1ccc(N=O)nc1. The zero-order valence-corrected chi connectivity index (χ0v) is 7.06. The van der Waals surface area contributed by atoms with Crippen LogP contribution < -0.4 is 0 Å². The Morgan fingerprint density at radius 2 is 2.38 bits per heavy atom. The number of nitrogens with zero attached hydrogens (tertiary/aromatic N) is 2. The Balaban J connectivity index is 2.79. The number of rotatable bonds is 3. The summed E-state index contributed by atoms with van der Waals surface area (Å²) in [5.41, 5.74) is 0.314. The number of pyridine rings is 1. The molecule has 0 saturated carbocycles. The van der Waals surface area contributed by atoms with Crippen molar-refractivity contribution >= 4 is 11.8 Å². The third-order valence-corrected chi connectivity index (χ3v) is 1.35. The summed E-state index contributed by atoms with van der Waals surface area (Å²) < 4.78 is 4.71. The van der Waals surface area contributed by atoms with Crippen LogP contribution in [-0.4, -0.2) is 17.6 Å². The van der Waals surface area contributed by atoms with Gasteiger partial charge in [0, 0.05) is 6.20 Å². The molecule has 0 fully saturated rings. The highest BCUT2D eigenvalue weighted by Gasteiger charge is 2.05. The summed E-state index contributed by atoms with van der Waals surface area (Å²) >= 11 is 0. The Morgan fingerprint density at radius 1 is 1.62 bits per heavy atom. The van der Waals surface area contributed by atoms with Crippen LogP contribution in [0.25, 0.3) is 0 Å². The molecular formula is C8H8N2O3. The highest BCUT2D eigenvalue weighted by Crippen LogP contribution is 2.08. The number of aromatic nitrogens is 1. The zero-order chi connectivity index (χ0) is 9.68. The van der Waals surface area contributed by atoms with Crippen LogP contribution in [0.2, 0.25) is 0 Å². The Morgan fingerprint density at radius 3 is 2.85 bits per heavy atom. The zero-order valence-electron chi connectivity index (χ0n) is 7.06. The lowest BCUT2D eigenvalue weighted by Crippen LogP contribution is -2.04. The maximum Gasteiger partial charge on any atom is 0.339 e. The van der Waals surface area contributed by atoms with Gasteiger partial charge in [-0.1, -0.05) is 0 Å². The third-order valence-electron chi connectivity index (χ3n) is 1.35. The van der Waals surface area contributed by atoms with Crippen molar-refractivity contribution in [2.24, 2.45) is 5.18 Å². The molecule has 0 N–H and O–H groups in total. The molecule has 13 heavy (non-hydrogen) atoms. The van der Waals surface area contributed by atoms with Crippen LogP contribution in [0.4, 0.5) is 5.82 Å². The molecule has 1 aromatic heterocycles. The van der Waals surface area contributed by atoms with Crippen molar-refractivity contribution in [3.8, 4) is 0 Å². The van der Waals surface area contributed by atoms with Crippen molar-refractivity contribution in [2.45, 2.75) is 6.92 Å². The predicted molar refractivity (Wildman–Crippen MR) is 45.6 cm³/mol. The molecule has 5 heteroatoms. The second-order valence-electron chi connectivity index (χ2n) is 2.22.